The number of ether oxygens (including phenoxy) is 2. The Balaban J connectivity index is 1.90. The number of hydrogen-bond acceptors (Lipinski definition) is 6. The van der Waals surface area contributed by atoms with Crippen LogP contribution in [0.4, 0.5) is 26.3 Å². The predicted octanol–water partition coefficient (Wildman–Crippen LogP) is 3.61. The molecule has 0 heterocycles. The maximum atomic E-state index is 14.4. The van der Waals surface area contributed by atoms with Crippen molar-refractivity contribution in [3.63, 3.8) is 0 Å². The molecular formula is C32H16F6O6. The number of halogens is 6. The average Bonchev–Trinajstić information content (AvgIpc) is 2.97. The molecule has 4 rings (SSSR count). The van der Waals surface area contributed by atoms with Gasteiger partial charge in [0.2, 0.25) is 0 Å². The third-order valence-electron chi connectivity index (χ3n) is 6.57. The van der Waals surface area contributed by atoms with E-state index in [9.17, 15) is 45.5 Å². The molecule has 0 amide bonds. The monoisotopic (exact) mass is 610 g/mol. The van der Waals surface area contributed by atoms with Crippen molar-refractivity contribution in [2.75, 3.05) is 0 Å². The van der Waals surface area contributed by atoms with Gasteiger partial charge in [-0.15, -0.1) is 0 Å². The molecule has 0 unspecified atom stereocenters. The molecule has 0 aliphatic carbocycles. The van der Waals surface area contributed by atoms with E-state index in [4.69, 9.17) is 9.47 Å². The van der Waals surface area contributed by atoms with Gasteiger partial charge < -0.3 is 9.47 Å². The van der Waals surface area contributed by atoms with Crippen LogP contribution in [0.3, 0.4) is 0 Å². The molecule has 0 atom stereocenters. The highest BCUT2D eigenvalue weighted by Gasteiger charge is 2.41. The van der Waals surface area contributed by atoms with Crippen molar-refractivity contribution in [2.45, 2.75) is 26.2 Å². The lowest BCUT2D eigenvalue weighted by Crippen LogP contribution is -2.26. The lowest BCUT2D eigenvalue weighted by molar-refractivity contribution is -0.140. The summed E-state index contributed by atoms with van der Waals surface area (Å²) in [7, 11) is 0. The van der Waals surface area contributed by atoms with E-state index in [0.29, 0.717) is 0 Å². The van der Waals surface area contributed by atoms with Gasteiger partial charge in [-0.3, -0.25) is 0 Å². The molecule has 0 radical (unpaired) electrons. The summed E-state index contributed by atoms with van der Waals surface area (Å²) in [4.78, 5) is 44.1. The lowest BCUT2D eigenvalue weighted by atomic mass is 9.89. The zero-order valence-electron chi connectivity index (χ0n) is 22.5. The van der Waals surface area contributed by atoms with Crippen molar-refractivity contribution in [1.82, 2.24) is 0 Å². The molecule has 0 aliphatic heterocycles. The molecule has 0 bridgehead atoms. The van der Waals surface area contributed by atoms with Crippen LogP contribution in [-0.4, -0.2) is 23.8 Å². The van der Waals surface area contributed by atoms with Crippen molar-refractivity contribution < 1.29 is 55.0 Å². The Kier molecular flexibility index (Phi) is 8.50. The van der Waals surface area contributed by atoms with E-state index < -0.39 is 45.7 Å². The first-order valence-electron chi connectivity index (χ1n) is 12.3. The van der Waals surface area contributed by atoms with Crippen LogP contribution in [0.25, 0.3) is 11.1 Å². The lowest BCUT2D eigenvalue weighted by Gasteiger charge is -2.23. The molecule has 0 N–H and O–H groups in total. The van der Waals surface area contributed by atoms with Crippen LogP contribution in [0.5, 0.6) is 23.0 Å². The quantitative estimate of drug-likeness (QED) is 0.321. The van der Waals surface area contributed by atoms with Gasteiger partial charge in [0.1, 0.15) is 46.8 Å². The average molecular weight is 610 g/mol. The van der Waals surface area contributed by atoms with Gasteiger partial charge >= 0.3 is 12.4 Å². The fourth-order valence-electron chi connectivity index (χ4n) is 4.56. The third kappa shape index (κ3) is 6.10. The van der Waals surface area contributed by atoms with Crippen LogP contribution in [0.2, 0.25) is 0 Å². The van der Waals surface area contributed by atoms with E-state index >= 15 is 0 Å². The summed E-state index contributed by atoms with van der Waals surface area (Å²) in [6.07, 6.45) is -10.3. The van der Waals surface area contributed by atoms with E-state index in [1.54, 1.807) is 0 Å². The largest absolute Gasteiger partial charge is 0.457 e. The minimum Gasteiger partial charge on any atom is -0.457 e. The highest BCUT2D eigenvalue weighted by atomic mass is 19.4. The van der Waals surface area contributed by atoms with Crippen molar-refractivity contribution >= 4 is 23.8 Å². The molecule has 222 valence electrons. The molecule has 0 saturated carbocycles. The summed E-state index contributed by atoms with van der Waals surface area (Å²) in [6, 6.07) is 10.6. The van der Waals surface area contributed by atoms with E-state index in [1.807, 2.05) is 0 Å². The maximum Gasteiger partial charge on any atom is 0.417 e. The van der Waals surface area contributed by atoms with Crippen LogP contribution >= 0.6 is 0 Å². The van der Waals surface area contributed by atoms with Gasteiger partial charge in [0.25, 0.3) is 0 Å². The summed E-state index contributed by atoms with van der Waals surface area (Å²) in [5.41, 5.74) is -5.48. The number of benzene rings is 4. The van der Waals surface area contributed by atoms with E-state index in [1.165, 1.54) is 35.9 Å². The fourth-order valence-corrected chi connectivity index (χ4v) is 4.56. The van der Waals surface area contributed by atoms with Crippen molar-refractivity contribution in [2.24, 2.45) is 0 Å². The van der Waals surface area contributed by atoms with Crippen LogP contribution in [-0.2, 0) is 31.5 Å². The van der Waals surface area contributed by atoms with Gasteiger partial charge in [0.15, 0.2) is 0 Å². The Labute approximate surface area is 243 Å². The second kappa shape index (κ2) is 11.9. The van der Waals surface area contributed by atoms with Gasteiger partial charge in [-0.1, -0.05) is 12.1 Å². The van der Waals surface area contributed by atoms with Crippen LogP contribution in [0.15, 0.2) is 60.7 Å². The minimum atomic E-state index is -5.14. The third-order valence-corrected chi connectivity index (χ3v) is 6.57. The topological polar surface area (TPSA) is 86.7 Å². The van der Waals surface area contributed by atoms with Crippen molar-refractivity contribution in [3.05, 3.63) is 104 Å². The highest BCUT2D eigenvalue weighted by molar-refractivity contribution is 5.77. The molecule has 0 fully saturated rings. The zero-order valence-corrected chi connectivity index (χ0v) is 22.5. The number of rotatable bonds is 5. The first-order chi connectivity index (χ1) is 20.7. The molecule has 44 heavy (non-hydrogen) atoms. The molecule has 12 heteroatoms. The maximum absolute atomic E-state index is 14.4. The Morgan fingerprint density at radius 3 is 1.14 bits per heavy atom. The molecule has 4 aromatic rings. The second-order valence-electron chi connectivity index (χ2n) is 9.25. The van der Waals surface area contributed by atoms with Crippen molar-refractivity contribution in [3.8, 4) is 34.1 Å². The Hall–Kier alpha value is -5.62. The van der Waals surface area contributed by atoms with Gasteiger partial charge in [-0.2, -0.15) is 26.3 Å². The van der Waals surface area contributed by atoms with Crippen molar-refractivity contribution in [1.29, 1.82) is 0 Å². The molecule has 0 aromatic heterocycles. The summed E-state index contributed by atoms with van der Waals surface area (Å²) in [6.45, 7) is 2.03. The first-order valence-corrected chi connectivity index (χ1v) is 12.3. The SMILES string of the molecule is Cc1c(Oc2ccc(=C=O)c(=C=O)c2)ccc(-c2ccc(Oc3ccc(=C=O)c(=C=O)c3)c(C)c2C(F)(F)F)c1C(F)(F)F. The van der Waals surface area contributed by atoms with Crippen LogP contribution < -0.4 is 30.3 Å². The standard InChI is InChI=1S/C32H16F6O6/c1-17-27(43-23-5-3-19(13-39)21(11-23)15-41)9-7-25(29(17)31(33,34)35)26-8-10-28(18(2)30(26)32(36,37)38)44-24-6-4-20(14-40)22(12-24)16-42/h3-12H,1-2H3. The number of carbonyl (C=O) groups excluding carboxylic acids is 4. The summed E-state index contributed by atoms with van der Waals surface area (Å²) < 4.78 is 97.7. The molecular weight excluding hydrogens is 594 g/mol. The molecule has 0 spiro atoms. The van der Waals surface area contributed by atoms with Gasteiger partial charge in [0, 0.05) is 23.3 Å². The van der Waals surface area contributed by atoms with Crippen LogP contribution in [0.1, 0.15) is 22.3 Å². The first kappa shape index (κ1) is 31.3. The van der Waals surface area contributed by atoms with Gasteiger partial charge in [-0.25, -0.2) is 19.2 Å². The van der Waals surface area contributed by atoms with E-state index in [2.05, 4.69) is 0 Å². The smallest absolute Gasteiger partial charge is 0.417 e. The van der Waals surface area contributed by atoms with E-state index in [0.717, 1.165) is 62.4 Å². The van der Waals surface area contributed by atoms with Gasteiger partial charge in [0.05, 0.1) is 32.0 Å². The molecule has 0 saturated heterocycles. The number of alkyl halides is 6. The Bertz CT molecular complexity index is 1990. The summed E-state index contributed by atoms with van der Waals surface area (Å²) in [5.74, 6) is 4.99. The molecule has 0 aliphatic rings. The minimum absolute atomic E-state index is 0.131. The summed E-state index contributed by atoms with van der Waals surface area (Å²) >= 11 is 0. The van der Waals surface area contributed by atoms with E-state index in [-0.39, 0.29) is 43.9 Å². The van der Waals surface area contributed by atoms with Gasteiger partial charge in [-0.05, 0) is 61.4 Å². The number of hydrogen-bond donors (Lipinski definition) is 0. The second-order valence-corrected chi connectivity index (χ2v) is 9.25. The molecule has 6 nitrogen and oxygen atoms in total. The van der Waals surface area contributed by atoms with Crippen LogP contribution in [0, 0.1) is 13.8 Å². The Morgan fingerprint density at radius 2 is 0.841 bits per heavy atom. The Morgan fingerprint density at radius 1 is 0.500 bits per heavy atom. The summed E-state index contributed by atoms with van der Waals surface area (Å²) in [5, 5.41) is -0.823. The highest BCUT2D eigenvalue weighted by Crippen LogP contribution is 2.48. The normalized spacial score (nSPS) is 11.2. The fraction of sp³-hybridized carbons (Fsp3) is 0.125. The zero-order chi connectivity index (χ0) is 32.4. The predicted molar refractivity (Wildman–Crippen MR) is 142 cm³/mol. The molecule has 4 aromatic carbocycles.